The molecule has 0 amide bonds. The Morgan fingerprint density at radius 3 is 2.60 bits per heavy atom. The molecule has 1 aliphatic carbocycles. The second kappa shape index (κ2) is 3.17. The summed E-state index contributed by atoms with van der Waals surface area (Å²) in [6.45, 7) is 5.95. The largest absolute Gasteiger partial charge is 0.271 e. The van der Waals surface area contributed by atoms with Crippen LogP contribution in [0.4, 0.5) is 0 Å². The maximum atomic E-state index is 5.33. The van der Waals surface area contributed by atoms with Crippen molar-refractivity contribution in [1.29, 1.82) is 0 Å². The number of hydrazine groups is 1. The van der Waals surface area contributed by atoms with Crippen molar-refractivity contribution in [3.05, 3.63) is 12.7 Å². The van der Waals surface area contributed by atoms with Crippen LogP contribution in [0.3, 0.4) is 0 Å². The van der Waals surface area contributed by atoms with E-state index in [1.165, 1.54) is 12.8 Å². The lowest BCUT2D eigenvalue weighted by Crippen LogP contribution is -2.38. The first-order valence-electron chi connectivity index (χ1n) is 3.88. The van der Waals surface area contributed by atoms with E-state index in [9.17, 15) is 0 Å². The van der Waals surface area contributed by atoms with Crippen LogP contribution in [-0.4, -0.2) is 6.04 Å². The smallest absolute Gasteiger partial charge is 0.0416 e. The van der Waals surface area contributed by atoms with E-state index in [-0.39, 0.29) is 0 Å². The molecule has 0 heterocycles. The normalized spacial score (nSPS) is 23.8. The topological polar surface area (TPSA) is 38.0 Å². The fourth-order valence-corrected chi connectivity index (χ4v) is 1.35. The van der Waals surface area contributed by atoms with Crippen LogP contribution in [0.2, 0.25) is 0 Å². The molecule has 2 unspecified atom stereocenters. The molecule has 0 aliphatic heterocycles. The SMILES string of the molecule is C=CC(NN)C(C)C1CC1. The molecule has 0 aromatic heterocycles. The Hall–Kier alpha value is -0.340. The Labute approximate surface area is 62.5 Å². The molecule has 0 aromatic carbocycles. The second-order valence-electron chi connectivity index (χ2n) is 3.12. The molecule has 2 heteroatoms. The van der Waals surface area contributed by atoms with Crippen LogP contribution in [0, 0.1) is 11.8 Å². The first-order valence-corrected chi connectivity index (χ1v) is 3.88. The number of nitrogens with one attached hydrogen (secondary N) is 1. The summed E-state index contributed by atoms with van der Waals surface area (Å²) in [4.78, 5) is 0. The minimum atomic E-state index is 0.299. The van der Waals surface area contributed by atoms with Gasteiger partial charge in [0.05, 0.1) is 0 Å². The highest BCUT2D eigenvalue weighted by atomic mass is 15.2. The molecule has 1 fully saturated rings. The molecule has 10 heavy (non-hydrogen) atoms. The highest BCUT2D eigenvalue weighted by Gasteiger charge is 2.31. The maximum Gasteiger partial charge on any atom is 0.0416 e. The Bertz CT molecular complexity index is 118. The first-order chi connectivity index (χ1) is 4.79. The van der Waals surface area contributed by atoms with Crippen molar-refractivity contribution < 1.29 is 0 Å². The van der Waals surface area contributed by atoms with Gasteiger partial charge in [-0.15, -0.1) is 6.58 Å². The third-order valence-electron chi connectivity index (χ3n) is 2.38. The van der Waals surface area contributed by atoms with Gasteiger partial charge < -0.3 is 0 Å². The van der Waals surface area contributed by atoms with Crippen LogP contribution in [-0.2, 0) is 0 Å². The molecule has 1 rings (SSSR count). The van der Waals surface area contributed by atoms with E-state index >= 15 is 0 Å². The van der Waals surface area contributed by atoms with Gasteiger partial charge >= 0.3 is 0 Å². The van der Waals surface area contributed by atoms with Crippen molar-refractivity contribution in [1.82, 2.24) is 5.43 Å². The second-order valence-corrected chi connectivity index (χ2v) is 3.12. The molecule has 2 nitrogen and oxygen atoms in total. The fraction of sp³-hybridized carbons (Fsp3) is 0.750. The number of hydrogen-bond donors (Lipinski definition) is 2. The van der Waals surface area contributed by atoms with Crippen molar-refractivity contribution in [2.75, 3.05) is 0 Å². The van der Waals surface area contributed by atoms with Gasteiger partial charge in [0, 0.05) is 6.04 Å². The standard InChI is InChI=1S/C8H16N2/c1-3-8(10-9)6(2)7-4-5-7/h3,6-8,10H,1,4-5,9H2,2H3. The van der Waals surface area contributed by atoms with E-state index in [0.717, 1.165) is 5.92 Å². The summed E-state index contributed by atoms with van der Waals surface area (Å²) in [5, 5.41) is 0. The predicted octanol–water partition coefficient (Wildman–Crippen LogP) is 1.05. The molecule has 1 aliphatic rings. The van der Waals surface area contributed by atoms with Crippen molar-refractivity contribution in [2.45, 2.75) is 25.8 Å². The van der Waals surface area contributed by atoms with E-state index in [1.807, 2.05) is 6.08 Å². The Morgan fingerprint density at radius 1 is 1.70 bits per heavy atom. The summed E-state index contributed by atoms with van der Waals surface area (Å²) >= 11 is 0. The van der Waals surface area contributed by atoms with Gasteiger partial charge in [-0.2, -0.15) is 0 Å². The van der Waals surface area contributed by atoms with E-state index in [1.54, 1.807) is 0 Å². The van der Waals surface area contributed by atoms with Crippen LogP contribution in [0.5, 0.6) is 0 Å². The molecule has 58 valence electrons. The van der Waals surface area contributed by atoms with Crippen LogP contribution in [0.15, 0.2) is 12.7 Å². The van der Waals surface area contributed by atoms with Crippen molar-refractivity contribution in [3.63, 3.8) is 0 Å². The molecule has 0 radical (unpaired) electrons. The van der Waals surface area contributed by atoms with Crippen molar-refractivity contribution >= 4 is 0 Å². The van der Waals surface area contributed by atoms with Gasteiger partial charge in [0.2, 0.25) is 0 Å². The predicted molar refractivity (Wildman–Crippen MR) is 43.2 cm³/mol. The summed E-state index contributed by atoms with van der Waals surface area (Å²) < 4.78 is 0. The average Bonchev–Trinajstić information content (AvgIpc) is 2.71. The van der Waals surface area contributed by atoms with Crippen LogP contribution in [0.25, 0.3) is 0 Å². The molecule has 0 bridgehead atoms. The lowest BCUT2D eigenvalue weighted by Gasteiger charge is -2.18. The number of nitrogens with two attached hydrogens (primary N) is 1. The molecule has 1 saturated carbocycles. The lowest BCUT2D eigenvalue weighted by atomic mass is 9.97. The number of hydrogen-bond acceptors (Lipinski definition) is 2. The summed E-state index contributed by atoms with van der Waals surface area (Å²) in [7, 11) is 0. The van der Waals surface area contributed by atoms with Crippen LogP contribution >= 0.6 is 0 Å². The third kappa shape index (κ3) is 1.58. The first kappa shape index (κ1) is 7.76. The monoisotopic (exact) mass is 140 g/mol. The molecular weight excluding hydrogens is 124 g/mol. The minimum Gasteiger partial charge on any atom is -0.271 e. The number of rotatable bonds is 4. The Balaban J connectivity index is 2.34. The van der Waals surface area contributed by atoms with E-state index in [4.69, 9.17) is 5.84 Å². The zero-order chi connectivity index (χ0) is 7.56. The summed E-state index contributed by atoms with van der Waals surface area (Å²) in [6, 6.07) is 0.299. The van der Waals surface area contributed by atoms with Crippen LogP contribution in [0.1, 0.15) is 19.8 Å². The molecule has 0 spiro atoms. The summed E-state index contributed by atoms with van der Waals surface area (Å²) in [5.41, 5.74) is 2.75. The highest BCUT2D eigenvalue weighted by Crippen LogP contribution is 2.38. The van der Waals surface area contributed by atoms with Crippen molar-refractivity contribution in [2.24, 2.45) is 17.7 Å². The van der Waals surface area contributed by atoms with Gasteiger partial charge in [-0.25, -0.2) is 0 Å². The lowest BCUT2D eigenvalue weighted by molar-refractivity contribution is 0.399. The van der Waals surface area contributed by atoms with Gasteiger partial charge in [0.15, 0.2) is 0 Å². The fourth-order valence-electron chi connectivity index (χ4n) is 1.35. The Kier molecular flexibility index (Phi) is 2.46. The van der Waals surface area contributed by atoms with Gasteiger partial charge in [-0.1, -0.05) is 13.0 Å². The van der Waals surface area contributed by atoms with Gasteiger partial charge in [-0.05, 0) is 24.7 Å². The molecule has 0 aromatic rings. The van der Waals surface area contributed by atoms with Gasteiger partial charge in [-0.3, -0.25) is 11.3 Å². The zero-order valence-corrected chi connectivity index (χ0v) is 6.51. The Morgan fingerprint density at radius 2 is 2.30 bits per heavy atom. The maximum absolute atomic E-state index is 5.33. The van der Waals surface area contributed by atoms with Crippen LogP contribution < -0.4 is 11.3 Å². The van der Waals surface area contributed by atoms with E-state index in [2.05, 4.69) is 18.9 Å². The zero-order valence-electron chi connectivity index (χ0n) is 6.51. The van der Waals surface area contributed by atoms with Gasteiger partial charge in [0.25, 0.3) is 0 Å². The molecular formula is C8H16N2. The van der Waals surface area contributed by atoms with Gasteiger partial charge in [0.1, 0.15) is 0 Å². The molecule has 2 atom stereocenters. The summed E-state index contributed by atoms with van der Waals surface area (Å²) in [6.07, 6.45) is 4.63. The van der Waals surface area contributed by atoms with E-state index in [0.29, 0.717) is 12.0 Å². The molecule has 3 N–H and O–H groups in total. The van der Waals surface area contributed by atoms with Crippen molar-refractivity contribution in [3.8, 4) is 0 Å². The molecule has 0 saturated heterocycles. The third-order valence-corrected chi connectivity index (χ3v) is 2.38. The highest BCUT2D eigenvalue weighted by molar-refractivity contribution is 4.94. The summed E-state index contributed by atoms with van der Waals surface area (Å²) in [5.74, 6) is 6.87. The minimum absolute atomic E-state index is 0.299. The quantitative estimate of drug-likeness (QED) is 0.348. The average molecular weight is 140 g/mol. The van der Waals surface area contributed by atoms with E-state index < -0.39 is 0 Å².